The van der Waals surface area contributed by atoms with E-state index >= 15 is 0 Å². The van der Waals surface area contributed by atoms with Crippen LogP contribution in [0.5, 0.6) is 0 Å². The highest BCUT2D eigenvalue weighted by Crippen LogP contribution is 2.26. The van der Waals surface area contributed by atoms with Crippen LogP contribution in [0.1, 0.15) is 5.56 Å². The van der Waals surface area contributed by atoms with Gasteiger partial charge in [0.2, 0.25) is 5.91 Å². The summed E-state index contributed by atoms with van der Waals surface area (Å²) in [4.78, 5) is 21.5. The number of para-hydroxylation sites is 1. The predicted molar refractivity (Wildman–Crippen MR) is 115 cm³/mol. The van der Waals surface area contributed by atoms with Gasteiger partial charge in [0.25, 0.3) is 0 Å². The minimum Gasteiger partial charge on any atom is -0.337 e. The fraction of sp³-hybridized carbons (Fsp3) is 0.0455. The van der Waals surface area contributed by atoms with Crippen molar-refractivity contribution in [1.82, 2.24) is 19.7 Å². The molecule has 0 aliphatic carbocycles. The summed E-state index contributed by atoms with van der Waals surface area (Å²) in [5, 5.41) is 9.32. The summed E-state index contributed by atoms with van der Waals surface area (Å²) in [6, 6.07) is 19.5. The molecule has 2 N–H and O–H groups in total. The highest BCUT2D eigenvalue weighted by atomic mass is 32.1. The van der Waals surface area contributed by atoms with Gasteiger partial charge in [-0.1, -0.05) is 24.3 Å². The van der Waals surface area contributed by atoms with E-state index in [1.54, 1.807) is 22.2 Å². The average molecular weight is 399 g/mol. The molecule has 0 bridgehead atoms. The van der Waals surface area contributed by atoms with E-state index in [9.17, 15) is 4.79 Å². The van der Waals surface area contributed by atoms with Gasteiger partial charge in [0.15, 0.2) is 0 Å². The zero-order valence-electron chi connectivity index (χ0n) is 15.4. The molecule has 0 aliphatic heterocycles. The summed E-state index contributed by atoms with van der Waals surface area (Å²) in [7, 11) is 0. The molecule has 5 rings (SSSR count). The SMILES string of the molecule is O=C(Cc1cnn(-c2ccccc2)c1)Nc1ccc2nc(-c3cccs3)[nH]c2c1. The molecule has 0 spiro atoms. The highest BCUT2D eigenvalue weighted by Gasteiger charge is 2.10. The van der Waals surface area contributed by atoms with Crippen LogP contribution in [0.3, 0.4) is 0 Å². The van der Waals surface area contributed by atoms with Crippen molar-refractivity contribution < 1.29 is 4.79 Å². The quantitative estimate of drug-likeness (QED) is 0.451. The Morgan fingerprint density at radius 1 is 1.10 bits per heavy atom. The first-order chi connectivity index (χ1) is 14.2. The van der Waals surface area contributed by atoms with Crippen LogP contribution < -0.4 is 5.32 Å². The fourth-order valence-corrected chi connectivity index (χ4v) is 3.85. The molecule has 1 amide bonds. The van der Waals surface area contributed by atoms with E-state index in [1.165, 1.54) is 0 Å². The smallest absolute Gasteiger partial charge is 0.228 e. The Morgan fingerprint density at radius 2 is 2.00 bits per heavy atom. The molecule has 0 saturated carbocycles. The number of imidazole rings is 1. The summed E-state index contributed by atoms with van der Waals surface area (Å²) in [5.74, 6) is 0.752. The van der Waals surface area contributed by atoms with E-state index in [2.05, 4.69) is 20.4 Å². The molecule has 29 heavy (non-hydrogen) atoms. The normalized spacial score (nSPS) is 11.0. The van der Waals surface area contributed by atoms with Crippen LogP contribution in [0, 0.1) is 0 Å². The molecule has 2 aromatic carbocycles. The second-order valence-electron chi connectivity index (χ2n) is 6.65. The third-order valence-corrected chi connectivity index (χ3v) is 5.42. The van der Waals surface area contributed by atoms with Crippen LogP contribution in [0.15, 0.2) is 78.4 Å². The Hall–Kier alpha value is -3.71. The van der Waals surface area contributed by atoms with Crippen molar-refractivity contribution in [3.8, 4) is 16.4 Å². The molecule has 0 radical (unpaired) electrons. The van der Waals surface area contributed by atoms with E-state index in [0.29, 0.717) is 0 Å². The molecule has 0 saturated heterocycles. The second-order valence-corrected chi connectivity index (χ2v) is 7.60. The van der Waals surface area contributed by atoms with E-state index in [1.807, 2.05) is 72.2 Å². The number of H-pyrrole nitrogens is 1. The molecule has 0 fully saturated rings. The number of carbonyl (C=O) groups excluding carboxylic acids is 1. The Morgan fingerprint density at radius 3 is 2.83 bits per heavy atom. The number of thiophene rings is 1. The molecular weight excluding hydrogens is 382 g/mol. The van der Waals surface area contributed by atoms with Crippen molar-refractivity contribution in [2.75, 3.05) is 5.32 Å². The van der Waals surface area contributed by atoms with Crippen molar-refractivity contribution in [3.05, 3.63) is 84.0 Å². The Labute approximate surface area is 170 Å². The Balaban J connectivity index is 1.29. The summed E-state index contributed by atoms with van der Waals surface area (Å²) >= 11 is 1.64. The average Bonchev–Trinajstić information content (AvgIpc) is 3.48. The molecule has 0 unspecified atom stereocenters. The lowest BCUT2D eigenvalue weighted by atomic mass is 10.2. The lowest BCUT2D eigenvalue weighted by Gasteiger charge is -2.04. The number of aromatic nitrogens is 4. The zero-order valence-corrected chi connectivity index (χ0v) is 16.2. The number of hydrogen-bond acceptors (Lipinski definition) is 4. The molecule has 6 nitrogen and oxygen atoms in total. The van der Waals surface area contributed by atoms with Gasteiger partial charge in [-0.25, -0.2) is 9.67 Å². The first kappa shape index (κ1) is 17.4. The van der Waals surface area contributed by atoms with Crippen molar-refractivity contribution >= 4 is 34.0 Å². The monoisotopic (exact) mass is 399 g/mol. The van der Waals surface area contributed by atoms with E-state index in [0.717, 1.165) is 38.7 Å². The van der Waals surface area contributed by atoms with Gasteiger partial charge < -0.3 is 10.3 Å². The number of anilines is 1. The number of amides is 1. The number of aromatic amines is 1. The summed E-state index contributed by atoms with van der Waals surface area (Å²) in [6.45, 7) is 0. The van der Waals surface area contributed by atoms with Crippen LogP contribution >= 0.6 is 11.3 Å². The van der Waals surface area contributed by atoms with E-state index in [4.69, 9.17) is 0 Å². The van der Waals surface area contributed by atoms with Crippen LogP contribution in [0.25, 0.3) is 27.4 Å². The van der Waals surface area contributed by atoms with Gasteiger partial charge in [-0.3, -0.25) is 4.79 Å². The first-order valence-electron chi connectivity index (χ1n) is 9.17. The van der Waals surface area contributed by atoms with Crippen LogP contribution in [-0.4, -0.2) is 25.7 Å². The summed E-state index contributed by atoms with van der Waals surface area (Å²) < 4.78 is 1.77. The van der Waals surface area contributed by atoms with Gasteiger partial charge >= 0.3 is 0 Å². The van der Waals surface area contributed by atoms with Crippen LogP contribution in [-0.2, 0) is 11.2 Å². The number of carbonyl (C=O) groups is 1. The van der Waals surface area contributed by atoms with E-state index in [-0.39, 0.29) is 12.3 Å². The third kappa shape index (κ3) is 3.68. The predicted octanol–water partition coefficient (Wildman–Crippen LogP) is 4.66. The van der Waals surface area contributed by atoms with Gasteiger partial charge in [0.1, 0.15) is 5.82 Å². The Bertz CT molecular complexity index is 1270. The van der Waals surface area contributed by atoms with Gasteiger partial charge in [-0.05, 0) is 47.3 Å². The van der Waals surface area contributed by atoms with Crippen molar-refractivity contribution in [1.29, 1.82) is 0 Å². The maximum atomic E-state index is 12.5. The minimum absolute atomic E-state index is 0.0880. The fourth-order valence-electron chi connectivity index (χ4n) is 3.18. The largest absolute Gasteiger partial charge is 0.337 e. The number of nitrogens with zero attached hydrogens (tertiary/aromatic N) is 3. The second kappa shape index (κ2) is 7.37. The maximum Gasteiger partial charge on any atom is 0.228 e. The van der Waals surface area contributed by atoms with Gasteiger partial charge in [-0.2, -0.15) is 5.10 Å². The molecule has 3 heterocycles. The maximum absolute atomic E-state index is 12.5. The lowest BCUT2D eigenvalue weighted by molar-refractivity contribution is -0.115. The third-order valence-electron chi connectivity index (χ3n) is 4.54. The molecular formula is C22H17N5OS. The number of hydrogen-bond donors (Lipinski definition) is 2. The van der Waals surface area contributed by atoms with Crippen LogP contribution in [0.2, 0.25) is 0 Å². The topological polar surface area (TPSA) is 75.6 Å². The highest BCUT2D eigenvalue weighted by molar-refractivity contribution is 7.13. The van der Waals surface area contributed by atoms with Gasteiger partial charge in [-0.15, -0.1) is 11.3 Å². The number of benzene rings is 2. The minimum atomic E-state index is -0.0880. The molecule has 3 aromatic heterocycles. The zero-order chi connectivity index (χ0) is 19.6. The van der Waals surface area contributed by atoms with Crippen molar-refractivity contribution in [2.45, 2.75) is 6.42 Å². The molecule has 7 heteroatoms. The summed E-state index contributed by atoms with van der Waals surface area (Å²) in [6.07, 6.45) is 3.85. The first-order valence-corrected chi connectivity index (χ1v) is 10.0. The van der Waals surface area contributed by atoms with Gasteiger partial charge in [0.05, 0.1) is 34.2 Å². The molecule has 5 aromatic rings. The van der Waals surface area contributed by atoms with Crippen LogP contribution in [0.4, 0.5) is 5.69 Å². The van der Waals surface area contributed by atoms with Crippen molar-refractivity contribution in [2.24, 2.45) is 0 Å². The van der Waals surface area contributed by atoms with Crippen molar-refractivity contribution in [3.63, 3.8) is 0 Å². The van der Waals surface area contributed by atoms with Gasteiger partial charge in [0, 0.05) is 11.9 Å². The molecule has 142 valence electrons. The molecule has 0 aliphatic rings. The number of rotatable bonds is 5. The number of nitrogens with one attached hydrogen (secondary N) is 2. The Kier molecular flexibility index (Phi) is 4.42. The standard InChI is InChI=1S/C22H17N5OS/c28-21(11-15-13-23-27(14-15)17-5-2-1-3-6-17)24-16-8-9-18-19(12-16)26-22(25-18)20-7-4-10-29-20/h1-10,12-14H,11H2,(H,24,28)(H,25,26). The number of fused-ring (bicyclic) bond motifs is 1. The lowest BCUT2D eigenvalue weighted by Crippen LogP contribution is -2.14. The van der Waals surface area contributed by atoms with E-state index < -0.39 is 0 Å². The summed E-state index contributed by atoms with van der Waals surface area (Å²) in [5.41, 5.74) is 4.32. The molecule has 0 atom stereocenters.